The molecule has 0 bridgehead atoms. The van der Waals surface area contributed by atoms with Crippen LogP contribution in [0.3, 0.4) is 0 Å². The fraction of sp³-hybridized carbons (Fsp3) is 0.385. The third-order valence-electron chi connectivity index (χ3n) is 2.80. The monoisotopic (exact) mass is 312 g/mol. The number of aromatic nitrogens is 3. The van der Waals surface area contributed by atoms with E-state index in [0.29, 0.717) is 10.2 Å². The van der Waals surface area contributed by atoms with Gasteiger partial charge in [0.15, 0.2) is 5.16 Å². The summed E-state index contributed by atoms with van der Waals surface area (Å²) in [6.07, 6.45) is 1.08. The first kappa shape index (κ1) is 15.2. The molecule has 0 saturated carbocycles. The van der Waals surface area contributed by atoms with Crippen LogP contribution < -0.4 is 11.0 Å². The second kappa shape index (κ2) is 6.97. The van der Waals surface area contributed by atoms with Gasteiger partial charge in [0.2, 0.25) is 0 Å². The van der Waals surface area contributed by atoms with Crippen molar-refractivity contribution in [3.63, 3.8) is 0 Å². The van der Waals surface area contributed by atoms with Crippen molar-refractivity contribution in [3.05, 3.63) is 39.3 Å². The van der Waals surface area contributed by atoms with E-state index in [-0.39, 0.29) is 5.69 Å². The lowest BCUT2D eigenvalue weighted by atomic mass is 10.2. The highest BCUT2D eigenvalue weighted by Gasteiger charge is 2.10. The summed E-state index contributed by atoms with van der Waals surface area (Å²) in [6.45, 7) is 3.83. The first-order valence-corrected chi connectivity index (χ1v) is 7.59. The van der Waals surface area contributed by atoms with E-state index in [1.54, 1.807) is 7.05 Å². The van der Waals surface area contributed by atoms with E-state index in [0.717, 1.165) is 30.0 Å². The number of rotatable bonds is 6. The van der Waals surface area contributed by atoms with Gasteiger partial charge in [-0.25, -0.2) is 9.89 Å². The number of benzene rings is 1. The molecule has 0 aliphatic rings. The Labute approximate surface area is 126 Å². The number of nitrogens with one attached hydrogen (secondary N) is 2. The van der Waals surface area contributed by atoms with Crippen LogP contribution in [0.4, 0.5) is 0 Å². The molecule has 2 N–H and O–H groups in total. The summed E-state index contributed by atoms with van der Waals surface area (Å²) in [7, 11) is 1.69. The molecule has 0 aliphatic carbocycles. The minimum Gasteiger partial charge on any atom is -0.313 e. The molecule has 0 fully saturated rings. The second-order valence-corrected chi connectivity index (χ2v) is 5.85. The van der Waals surface area contributed by atoms with Gasteiger partial charge in [0, 0.05) is 23.5 Å². The molecule has 0 radical (unpaired) electrons. The molecule has 1 heterocycles. The van der Waals surface area contributed by atoms with Crippen LogP contribution in [0.5, 0.6) is 0 Å². The lowest BCUT2D eigenvalue weighted by Gasteiger charge is -2.10. The van der Waals surface area contributed by atoms with Crippen LogP contribution in [0.1, 0.15) is 18.9 Å². The van der Waals surface area contributed by atoms with Gasteiger partial charge in [0.1, 0.15) is 0 Å². The lowest BCUT2D eigenvalue weighted by Crippen LogP contribution is -2.15. The highest BCUT2D eigenvalue weighted by atomic mass is 35.5. The Morgan fingerprint density at radius 3 is 2.95 bits per heavy atom. The summed E-state index contributed by atoms with van der Waals surface area (Å²) in [6, 6.07) is 5.74. The Morgan fingerprint density at radius 2 is 2.30 bits per heavy atom. The van der Waals surface area contributed by atoms with Gasteiger partial charge in [-0.3, -0.25) is 4.57 Å². The van der Waals surface area contributed by atoms with Crippen LogP contribution in [0.2, 0.25) is 5.02 Å². The quantitative estimate of drug-likeness (QED) is 0.804. The van der Waals surface area contributed by atoms with Crippen LogP contribution in [-0.4, -0.2) is 21.3 Å². The topological polar surface area (TPSA) is 62.7 Å². The summed E-state index contributed by atoms with van der Waals surface area (Å²) in [5, 5.41) is 11.1. The highest BCUT2D eigenvalue weighted by Crippen LogP contribution is 2.30. The zero-order valence-corrected chi connectivity index (χ0v) is 13.0. The SMILES string of the molecule is CCCNCc1cc(Cl)ccc1Sc1n[nH]c(=O)n1C. The molecule has 20 heavy (non-hydrogen) atoms. The Bertz CT molecular complexity index is 638. The zero-order valence-electron chi connectivity index (χ0n) is 11.4. The molecule has 0 unspecified atom stereocenters. The molecule has 0 saturated heterocycles. The predicted octanol–water partition coefficient (Wildman–Crippen LogP) is 2.41. The molecular formula is C13H17ClN4OS. The normalized spacial score (nSPS) is 10.9. The number of halogens is 1. The summed E-state index contributed by atoms with van der Waals surface area (Å²) in [5.41, 5.74) is 0.888. The molecule has 1 aromatic heterocycles. The van der Waals surface area contributed by atoms with E-state index in [9.17, 15) is 4.79 Å². The largest absolute Gasteiger partial charge is 0.343 e. The van der Waals surface area contributed by atoms with Crippen molar-refractivity contribution >= 4 is 23.4 Å². The first-order valence-electron chi connectivity index (χ1n) is 6.40. The molecule has 2 rings (SSSR count). The zero-order chi connectivity index (χ0) is 14.5. The Balaban J connectivity index is 2.22. The Hall–Kier alpha value is -1.24. The summed E-state index contributed by atoms with van der Waals surface area (Å²) >= 11 is 7.50. The fourth-order valence-corrected chi connectivity index (χ4v) is 2.81. The van der Waals surface area contributed by atoms with Crippen LogP contribution in [0.25, 0.3) is 0 Å². The first-order chi connectivity index (χ1) is 9.61. The van der Waals surface area contributed by atoms with Crippen molar-refractivity contribution in [2.45, 2.75) is 29.9 Å². The van der Waals surface area contributed by atoms with Gasteiger partial charge in [-0.15, -0.1) is 5.10 Å². The second-order valence-electron chi connectivity index (χ2n) is 4.40. The van der Waals surface area contributed by atoms with E-state index in [2.05, 4.69) is 22.4 Å². The summed E-state index contributed by atoms with van der Waals surface area (Å²) in [5.74, 6) is 0. The number of H-pyrrole nitrogens is 1. The number of nitrogens with zero attached hydrogens (tertiary/aromatic N) is 2. The lowest BCUT2D eigenvalue weighted by molar-refractivity contribution is 0.669. The molecule has 5 nitrogen and oxygen atoms in total. The molecule has 108 valence electrons. The van der Waals surface area contributed by atoms with Gasteiger partial charge >= 0.3 is 5.69 Å². The van der Waals surface area contributed by atoms with Gasteiger partial charge in [0.25, 0.3) is 0 Å². The highest BCUT2D eigenvalue weighted by molar-refractivity contribution is 7.99. The molecule has 2 aromatic rings. The van der Waals surface area contributed by atoms with Crippen molar-refractivity contribution in [2.24, 2.45) is 7.05 Å². The maximum atomic E-state index is 11.4. The van der Waals surface area contributed by atoms with Crippen LogP contribution >= 0.6 is 23.4 Å². The van der Waals surface area contributed by atoms with E-state index in [4.69, 9.17) is 11.6 Å². The summed E-state index contributed by atoms with van der Waals surface area (Å²) in [4.78, 5) is 12.4. The van der Waals surface area contributed by atoms with E-state index < -0.39 is 0 Å². The average molecular weight is 313 g/mol. The van der Waals surface area contributed by atoms with E-state index in [1.807, 2.05) is 18.2 Å². The number of hydrogen-bond donors (Lipinski definition) is 2. The Morgan fingerprint density at radius 1 is 1.50 bits per heavy atom. The minimum absolute atomic E-state index is 0.216. The van der Waals surface area contributed by atoms with Crippen LogP contribution in [0, 0.1) is 0 Å². The van der Waals surface area contributed by atoms with Crippen molar-refractivity contribution < 1.29 is 0 Å². The molecule has 7 heteroatoms. The third-order valence-corrected chi connectivity index (χ3v) is 4.21. The maximum Gasteiger partial charge on any atom is 0.343 e. The molecule has 0 aliphatic heterocycles. The number of hydrogen-bond acceptors (Lipinski definition) is 4. The van der Waals surface area contributed by atoms with Crippen LogP contribution in [-0.2, 0) is 13.6 Å². The van der Waals surface area contributed by atoms with Gasteiger partial charge in [-0.05, 0) is 48.5 Å². The smallest absolute Gasteiger partial charge is 0.313 e. The average Bonchev–Trinajstić information content (AvgIpc) is 2.74. The predicted molar refractivity (Wildman–Crippen MR) is 81.4 cm³/mol. The molecule has 1 aromatic carbocycles. The van der Waals surface area contributed by atoms with Crippen molar-refractivity contribution in [2.75, 3.05) is 6.54 Å². The molecule has 0 amide bonds. The summed E-state index contributed by atoms with van der Waals surface area (Å²) < 4.78 is 1.49. The standard InChI is InChI=1S/C13H17ClN4OS/c1-3-6-15-8-9-7-10(14)4-5-11(9)20-13-17-16-12(19)18(13)2/h4-5,7,15H,3,6,8H2,1-2H3,(H,16,19). The fourth-order valence-electron chi connectivity index (χ4n) is 1.71. The van der Waals surface area contributed by atoms with Crippen molar-refractivity contribution in [3.8, 4) is 0 Å². The molecular weight excluding hydrogens is 296 g/mol. The third kappa shape index (κ3) is 3.65. The van der Waals surface area contributed by atoms with Gasteiger partial charge in [-0.1, -0.05) is 18.5 Å². The van der Waals surface area contributed by atoms with Crippen LogP contribution in [0.15, 0.2) is 33.0 Å². The van der Waals surface area contributed by atoms with E-state index >= 15 is 0 Å². The van der Waals surface area contributed by atoms with E-state index in [1.165, 1.54) is 16.3 Å². The maximum absolute atomic E-state index is 11.4. The Kier molecular flexibility index (Phi) is 5.28. The van der Waals surface area contributed by atoms with Crippen molar-refractivity contribution in [1.82, 2.24) is 20.1 Å². The van der Waals surface area contributed by atoms with Gasteiger partial charge < -0.3 is 5.32 Å². The number of aromatic amines is 1. The van der Waals surface area contributed by atoms with Gasteiger partial charge in [0.05, 0.1) is 0 Å². The molecule has 0 atom stereocenters. The van der Waals surface area contributed by atoms with Crippen molar-refractivity contribution in [1.29, 1.82) is 0 Å². The minimum atomic E-state index is -0.216. The van der Waals surface area contributed by atoms with Gasteiger partial charge in [-0.2, -0.15) is 0 Å². The molecule has 0 spiro atoms.